The quantitative estimate of drug-likeness (QED) is 0.407. The molecule has 1 aromatic rings. The molecule has 0 unspecified atom stereocenters. The number of methoxy groups -OCH3 is 1. The van der Waals surface area contributed by atoms with Gasteiger partial charge in [-0.1, -0.05) is 0 Å². The lowest BCUT2D eigenvalue weighted by Crippen LogP contribution is -2.21. The number of hydrogen-bond donors (Lipinski definition) is 3. The van der Waals surface area contributed by atoms with E-state index in [-0.39, 0.29) is 24.1 Å². The first-order valence-corrected chi connectivity index (χ1v) is 4.12. The molecular weight excluding hydrogens is 232 g/mol. The van der Waals surface area contributed by atoms with Gasteiger partial charge in [-0.25, -0.2) is 0 Å². The SMILES string of the molecule is COc1cc(/C=N/N=C(N)N)ccc1O.Cl. The number of nitrogens with two attached hydrogens (primary N) is 2. The van der Waals surface area contributed by atoms with Crippen LogP contribution in [0.25, 0.3) is 0 Å². The Labute approximate surface area is 99.0 Å². The van der Waals surface area contributed by atoms with Gasteiger partial charge in [0, 0.05) is 0 Å². The molecule has 0 atom stereocenters. The topological polar surface area (TPSA) is 106 Å². The van der Waals surface area contributed by atoms with Crippen LogP contribution in [0.5, 0.6) is 11.5 Å². The molecule has 6 nitrogen and oxygen atoms in total. The van der Waals surface area contributed by atoms with E-state index in [0.717, 1.165) is 5.56 Å². The fourth-order valence-corrected chi connectivity index (χ4v) is 0.937. The van der Waals surface area contributed by atoms with Crippen LogP contribution in [0.4, 0.5) is 0 Å². The van der Waals surface area contributed by atoms with E-state index >= 15 is 0 Å². The van der Waals surface area contributed by atoms with Crippen molar-refractivity contribution < 1.29 is 9.84 Å². The number of phenolic OH excluding ortho intramolecular Hbond substituents is 1. The molecule has 7 heteroatoms. The molecule has 0 amide bonds. The minimum absolute atomic E-state index is 0. The molecule has 1 rings (SSSR count). The Kier molecular flexibility index (Phi) is 5.72. The largest absolute Gasteiger partial charge is 0.504 e. The van der Waals surface area contributed by atoms with Crippen molar-refractivity contribution >= 4 is 24.6 Å². The van der Waals surface area contributed by atoms with E-state index in [1.807, 2.05) is 0 Å². The van der Waals surface area contributed by atoms with Crippen LogP contribution >= 0.6 is 12.4 Å². The molecule has 0 aromatic heterocycles. The van der Waals surface area contributed by atoms with Gasteiger partial charge in [0.15, 0.2) is 11.5 Å². The highest BCUT2D eigenvalue weighted by Crippen LogP contribution is 2.25. The summed E-state index contributed by atoms with van der Waals surface area (Å²) in [6, 6.07) is 4.76. The lowest BCUT2D eigenvalue weighted by Gasteiger charge is -2.02. The normalized spacial score (nSPS) is 9.56. The van der Waals surface area contributed by atoms with Crippen LogP contribution in [0, 0.1) is 0 Å². The molecule has 0 radical (unpaired) electrons. The third kappa shape index (κ3) is 4.05. The molecule has 0 spiro atoms. The minimum Gasteiger partial charge on any atom is -0.504 e. The van der Waals surface area contributed by atoms with Gasteiger partial charge in [0.25, 0.3) is 0 Å². The Morgan fingerprint density at radius 3 is 2.69 bits per heavy atom. The fraction of sp³-hybridized carbons (Fsp3) is 0.111. The number of phenols is 1. The second kappa shape index (κ2) is 6.52. The van der Waals surface area contributed by atoms with Gasteiger partial charge in [-0.3, -0.25) is 0 Å². The summed E-state index contributed by atoms with van der Waals surface area (Å²) in [4.78, 5) is 0. The van der Waals surface area contributed by atoms with Gasteiger partial charge in [0.05, 0.1) is 13.3 Å². The molecule has 0 aliphatic heterocycles. The zero-order valence-corrected chi connectivity index (χ0v) is 9.44. The zero-order chi connectivity index (χ0) is 11.3. The summed E-state index contributed by atoms with van der Waals surface area (Å²) >= 11 is 0. The Morgan fingerprint density at radius 2 is 2.12 bits per heavy atom. The van der Waals surface area contributed by atoms with E-state index < -0.39 is 0 Å². The molecule has 0 aliphatic carbocycles. The molecule has 0 fully saturated rings. The average Bonchev–Trinajstić information content (AvgIpc) is 2.20. The lowest BCUT2D eigenvalue weighted by molar-refractivity contribution is 0.373. The average molecular weight is 245 g/mol. The molecule has 0 aliphatic rings. The number of nitrogens with zero attached hydrogens (tertiary/aromatic N) is 2. The zero-order valence-electron chi connectivity index (χ0n) is 8.62. The van der Waals surface area contributed by atoms with Crippen LogP contribution in [0.2, 0.25) is 0 Å². The molecule has 0 heterocycles. The summed E-state index contributed by atoms with van der Waals surface area (Å²) in [5, 5.41) is 16.4. The number of guanidine groups is 1. The first-order valence-electron chi connectivity index (χ1n) is 4.12. The standard InChI is InChI=1S/C9H12N4O2.ClH/c1-15-8-4-6(2-3-7(8)14)5-12-13-9(10)11;/h2-5,14H,1H3,(H4,10,11,13);1H/b12-5+;. The Bertz CT molecular complexity index is 402. The van der Waals surface area contributed by atoms with E-state index in [9.17, 15) is 5.11 Å². The smallest absolute Gasteiger partial charge is 0.211 e. The Morgan fingerprint density at radius 1 is 1.44 bits per heavy atom. The van der Waals surface area contributed by atoms with E-state index in [2.05, 4.69) is 10.2 Å². The second-order valence-corrected chi connectivity index (χ2v) is 2.70. The highest BCUT2D eigenvalue weighted by Gasteiger charge is 2.00. The van der Waals surface area contributed by atoms with Crippen LogP contribution in [-0.4, -0.2) is 24.4 Å². The number of hydrogen-bond acceptors (Lipinski definition) is 4. The summed E-state index contributed by atoms with van der Waals surface area (Å²) in [5.41, 5.74) is 10.9. The van der Waals surface area contributed by atoms with Crippen molar-refractivity contribution in [2.45, 2.75) is 0 Å². The van der Waals surface area contributed by atoms with Crippen molar-refractivity contribution in [3.8, 4) is 11.5 Å². The van der Waals surface area contributed by atoms with Gasteiger partial charge in [-0.15, -0.1) is 17.5 Å². The lowest BCUT2D eigenvalue weighted by atomic mass is 10.2. The molecule has 16 heavy (non-hydrogen) atoms. The number of halogens is 1. The predicted molar refractivity (Wildman–Crippen MR) is 65.3 cm³/mol. The van der Waals surface area contributed by atoms with Gasteiger partial charge in [0.1, 0.15) is 0 Å². The number of aromatic hydroxyl groups is 1. The van der Waals surface area contributed by atoms with Crippen LogP contribution in [-0.2, 0) is 0 Å². The third-order valence-electron chi connectivity index (χ3n) is 1.58. The van der Waals surface area contributed by atoms with E-state index in [0.29, 0.717) is 5.75 Å². The predicted octanol–water partition coefficient (Wildman–Crippen LogP) is 0.430. The second-order valence-electron chi connectivity index (χ2n) is 2.70. The highest BCUT2D eigenvalue weighted by atomic mass is 35.5. The van der Waals surface area contributed by atoms with Crippen LogP contribution in [0.15, 0.2) is 28.4 Å². The molecule has 88 valence electrons. The molecule has 0 bridgehead atoms. The van der Waals surface area contributed by atoms with Gasteiger partial charge in [-0.05, 0) is 23.8 Å². The molecule has 5 N–H and O–H groups in total. The van der Waals surface area contributed by atoms with Crippen LogP contribution in [0.1, 0.15) is 5.56 Å². The maximum Gasteiger partial charge on any atom is 0.211 e. The molecule has 0 saturated carbocycles. The molecule has 0 saturated heterocycles. The number of rotatable bonds is 3. The third-order valence-corrected chi connectivity index (χ3v) is 1.58. The Balaban J connectivity index is 0.00000225. The van der Waals surface area contributed by atoms with Gasteiger partial charge in [-0.2, -0.15) is 5.10 Å². The highest BCUT2D eigenvalue weighted by molar-refractivity contribution is 5.85. The number of benzene rings is 1. The van der Waals surface area contributed by atoms with Gasteiger partial charge in [0.2, 0.25) is 5.96 Å². The van der Waals surface area contributed by atoms with Crippen molar-refractivity contribution in [1.82, 2.24) is 0 Å². The summed E-state index contributed by atoms with van der Waals surface area (Å²) in [5.74, 6) is 0.317. The van der Waals surface area contributed by atoms with Crippen molar-refractivity contribution in [3.05, 3.63) is 23.8 Å². The first kappa shape index (κ1) is 14.1. The maximum absolute atomic E-state index is 9.31. The van der Waals surface area contributed by atoms with Crippen LogP contribution in [0.3, 0.4) is 0 Å². The van der Waals surface area contributed by atoms with Gasteiger partial charge < -0.3 is 21.3 Å². The van der Waals surface area contributed by atoms with Gasteiger partial charge >= 0.3 is 0 Å². The monoisotopic (exact) mass is 244 g/mol. The van der Waals surface area contributed by atoms with Crippen molar-refractivity contribution in [1.29, 1.82) is 0 Å². The van der Waals surface area contributed by atoms with Crippen LogP contribution < -0.4 is 16.2 Å². The van der Waals surface area contributed by atoms with E-state index in [1.54, 1.807) is 12.1 Å². The molecular formula is C9H13ClN4O2. The van der Waals surface area contributed by atoms with Crippen molar-refractivity contribution in [2.24, 2.45) is 21.7 Å². The summed E-state index contributed by atoms with van der Waals surface area (Å²) in [6.45, 7) is 0. The minimum atomic E-state index is -0.114. The number of ether oxygens (including phenoxy) is 1. The molecule has 1 aromatic carbocycles. The van der Waals surface area contributed by atoms with Crippen molar-refractivity contribution in [3.63, 3.8) is 0 Å². The summed E-state index contributed by atoms with van der Waals surface area (Å²) in [7, 11) is 1.46. The Hall–Kier alpha value is -1.95. The summed E-state index contributed by atoms with van der Waals surface area (Å²) in [6.07, 6.45) is 1.45. The summed E-state index contributed by atoms with van der Waals surface area (Å²) < 4.78 is 4.92. The van der Waals surface area contributed by atoms with Crippen molar-refractivity contribution in [2.75, 3.05) is 7.11 Å². The maximum atomic E-state index is 9.31. The van der Waals surface area contributed by atoms with E-state index in [4.69, 9.17) is 16.2 Å². The fourth-order valence-electron chi connectivity index (χ4n) is 0.937. The van der Waals surface area contributed by atoms with E-state index in [1.165, 1.54) is 19.4 Å². The first-order chi connectivity index (χ1) is 7.13.